The van der Waals surface area contributed by atoms with Crippen molar-refractivity contribution < 1.29 is 9.47 Å². The molecule has 7 heteroatoms. The summed E-state index contributed by atoms with van der Waals surface area (Å²) < 4.78 is 11.2. The van der Waals surface area contributed by atoms with Crippen molar-refractivity contribution >= 4 is 35.6 Å². The molecule has 0 saturated carbocycles. The summed E-state index contributed by atoms with van der Waals surface area (Å²) in [4.78, 5) is 6.98. The van der Waals surface area contributed by atoms with E-state index < -0.39 is 0 Å². The molecule has 0 aromatic heterocycles. The summed E-state index contributed by atoms with van der Waals surface area (Å²) in [5.74, 6) is 1.94. The first-order valence-electron chi connectivity index (χ1n) is 8.88. The third-order valence-corrected chi connectivity index (χ3v) is 4.20. The van der Waals surface area contributed by atoms with E-state index in [1.165, 1.54) is 12.8 Å². The van der Waals surface area contributed by atoms with Gasteiger partial charge in [-0.05, 0) is 51.9 Å². The molecule has 1 aromatic rings. The van der Waals surface area contributed by atoms with E-state index >= 15 is 0 Å². The average molecular weight is 462 g/mol. The second kappa shape index (κ2) is 11.4. The molecular weight excluding hydrogens is 431 g/mol. The Morgan fingerprint density at radius 2 is 2.04 bits per heavy atom. The number of rotatable bonds is 8. The van der Waals surface area contributed by atoms with E-state index in [0.717, 1.165) is 36.8 Å². The normalized spacial score (nSPS) is 17.9. The Labute approximate surface area is 168 Å². The zero-order valence-corrected chi connectivity index (χ0v) is 17.8. The van der Waals surface area contributed by atoms with Crippen molar-refractivity contribution in [1.29, 1.82) is 0 Å². The molecule has 2 rings (SSSR count). The smallest absolute Gasteiger partial charge is 0.193 e. The molecule has 0 aliphatic carbocycles. The quantitative estimate of drug-likeness (QED) is 0.353. The highest BCUT2D eigenvalue weighted by Gasteiger charge is 2.22. The van der Waals surface area contributed by atoms with Gasteiger partial charge in [-0.15, -0.1) is 24.0 Å². The minimum atomic E-state index is 0. The summed E-state index contributed by atoms with van der Waals surface area (Å²) in [6.07, 6.45) is 2.43. The van der Waals surface area contributed by atoms with E-state index in [-0.39, 0.29) is 24.0 Å². The van der Waals surface area contributed by atoms with Crippen LogP contribution in [0.25, 0.3) is 0 Å². The minimum absolute atomic E-state index is 0. The van der Waals surface area contributed by atoms with Gasteiger partial charge in [0.25, 0.3) is 0 Å². The first-order chi connectivity index (χ1) is 11.7. The number of likely N-dealkylation sites (N-methyl/N-ethyl adjacent to an activating group) is 1. The zero-order chi connectivity index (χ0) is 17.4. The number of aliphatic imine (C=N–C) groups is 1. The number of guanidine groups is 1. The van der Waals surface area contributed by atoms with Crippen LogP contribution in [0.15, 0.2) is 23.2 Å². The SMILES string of the molecule is CCOc1ccc(OCC)c(NC(N)=NCC2CCCN2CC)c1.I. The summed E-state index contributed by atoms with van der Waals surface area (Å²) in [5, 5.41) is 3.16. The lowest BCUT2D eigenvalue weighted by molar-refractivity contribution is 0.273. The van der Waals surface area contributed by atoms with Gasteiger partial charge in [-0.25, -0.2) is 0 Å². The maximum absolute atomic E-state index is 6.08. The van der Waals surface area contributed by atoms with Crippen LogP contribution in [-0.2, 0) is 0 Å². The summed E-state index contributed by atoms with van der Waals surface area (Å²) in [6, 6.07) is 6.17. The van der Waals surface area contributed by atoms with E-state index in [1.54, 1.807) is 0 Å². The van der Waals surface area contributed by atoms with Crippen LogP contribution in [0.2, 0.25) is 0 Å². The van der Waals surface area contributed by atoms with Crippen molar-refractivity contribution in [2.75, 3.05) is 38.2 Å². The van der Waals surface area contributed by atoms with Gasteiger partial charge in [-0.2, -0.15) is 0 Å². The number of likely N-dealkylation sites (tertiary alicyclic amines) is 1. The number of hydrogen-bond acceptors (Lipinski definition) is 4. The minimum Gasteiger partial charge on any atom is -0.494 e. The third-order valence-electron chi connectivity index (χ3n) is 4.20. The number of halogens is 1. The van der Waals surface area contributed by atoms with E-state index in [9.17, 15) is 0 Å². The van der Waals surface area contributed by atoms with Crippen LogP contribution in [0.4, 0.5) is 5.69 Å². The number of anilines is 1. The monoisotopic (exact) mass is 462 g/mol. The molecule has 0 amide bonds. The standard InChI is InChI=1S/C18H30N4O2.HI/c1-4-22-11-7-8-14(22)13-20-18(19)21-16-12-15(23-5-2)9-10-17(16)24-6-3;/h9-10,12,14H,4-8,11,13H2,1-3H3,(H3,19,20,21);1H. The van der Waals surface area contributed by atoms with Crippen LogP contribution in [-0.4, -0.2) is 49.7 Å². The lowest BCUT2D eigenvalue weighted by atomic mass is 10.2. The van der Waals surface area contributed by atoms with Crippen molar-refractivity contribution in [3.8, 4) is 11.5 Å². The Morgan fingerprint density at radius 3 is 2.72 bits per heavy atom. The van der Waals surface area contributed by atoms with E-state index in [2.05, 4.69) is 22.1 Å². The van der Waals surface area contributed by atoms with Crippen LogP contribution in [0, 0.1) is 0 Å². The highest BCUT2D eigenvalue weighted by molar-refractivity contribution is 14.0. The number of nitrogens with two attached hydrogens (primary N) is 1. The fourth-order valence-electron chi connectivity index (χ4n) is 3.04. The number of hydrogen-bond donors (Lipinski definition) is 2. The lowest BCUT2D eigenvalue weighted by Crippen LogP contribution is -2.33. The molecule has 3 N–H and O–H groups in total. The second-order valence-electron chi connectivity index (χ2n) is 5.80. The van der Waals surface area contributed by atoms with Crippen LogP contribution < -0.4 is 20.5 Å². The number of nitrogens with one attached hydrogen (secondary N) is 1. The van der Waals surface area contributed by atoms with Gasteiger partial charge in [0, 0.05) is 12.1 Å². The van der Waals surface area contributed by atoms with E-state index in [0.29, 0.717) is 25.2 Å². The first kappa shape index (κ1) is 21.8. The molecule has 6 nitrogen and oxygen atoms in total. The Morgan fingerprint density at radius 1 is 1.28 bits per heavy atom. The van der Waals surface area contributed by atoms with Crippen LogP contribution >= 0.6 is 24.0 Å². The maximum atomic E-state index is 6.08. The van der Waals surface area contributed by atoms with Gasteiger partial charge >= 0.3 is 0 Å². The molecule has 0 bridgehead atoms. The number of benzene rings is 1. The van der Waals surface area contributed by atoms with Gasteiger partial charge in [-0.3, -0.25) is 9.89 Å². The van der Waals surface area contributed by atoms with Gasteiger partial charge in [0.2, 0.25) is 0 Å². The Balaban J connectivity index is 0.00000312. The van der Waals surface area contributed by atoms with Crippen LogP contribution in [0.1, 0.15) is 33.6 Å². The summed E-state index contributed by atoms with van der Waals surface area (Å²) in [6.45, 7) is 10.3. The maximum Gasteiger partial charge on any atom is 0.193 e. The fourth-order valence-corrected chi connectivity index (χ4v) is 3.04. The number of ether oxygens (including phenoxy) is 2. The highest BCUT2D eigenvalue weighted by atomic mass is 127. The van der Waals surface area contributed by atoms with Gasteiger partial charge in [-0.1, -0.05) is 6.92 Å². The summed E-state index contributed by atoms with van der Waals surface area (Å²) >= 11 is 0. The number of nitrogens with zero attached hydrogens (tertiary/aromatic N) is 2. The van der Waals surface area contributed by atoms with Gasteiger partial charge in [0.1, 0.15) is 11.5 Å². The van der Waals surface area contributed by atoms with Crippen molar-refractivity contribution in [1.82, 2.24) is 4.90 Å². The Hall–Kier alpha value is -1.22. The highest BCUT2D eigenvalue weighted by Crippen LogP contribution is 2.29. The molecule has 1 unspecified atom stereocenters. The average Bonchev–Trinajstić information content (AvgIpc) is 3.03. The Bertz CT molecular complexity index is 554. The molecule has 1 atom stereocenters. The molecule has 1 heterocycles. The van der Waals surface area contributed by atoms with Crippen molar-refractivity contribution in [2.24, 2.45) is 10.7 Å². The van der Waals surface area contributed by atoms with Crippen molar-refractivity contribution in [3.63, 3.8) is 0 Å². The summed E-state index contributed by atoms with van der Waals surface area (Å²) in [7, 11) is 0. The largest absolute Gasteiger partial charge is 0.494 e. The molecule has 142 valence electrons. The second-order valence-corrected chi connectivity index (χ2v) is 5.80. The molecular formula is C18H31IN4O2. The van der Waals surface area contributed by atoms with E-state index in [1.807, 2.05) is 32.0 Å². The molecule has 0 radical (unpaired) electrons. The van der Waals surface area contributed by atoms with Crippen LogP contribution in [0.3, 0.4) is 0 Å². The van der Waals surface area contributed by atoms with Crippen molar-refractivity contribution in [3.05, 3.63) is 18.2 Å². The predicted molar refractivity (Wildman–Crippen MR) is 115 cm³/mol. The molecule has 1 fully saturated rings. The Kier molecular flexibility index (Phi) is 9.96. The molecule has 1 saturated heterocycles. The lowest BCUT2D eigenvalue weighted by Gasteiger charge is -2.21. The fraction of sp³-hybridized carbons (Fsp3) is 0.611. The first-order valence-corrected chi connectivity index (χ1v) is 8.88. The molecule has 1 aliphatic rings. The summed E-state index contributed by atoms with van der Waals surface area (Å²) in [5.41, 5.74) is 6.86. The zero-order valence-electron chi connectivity index (χ0n) is 15.5. The predicted octanol–water partition coefficient (Wildman–Crippen LogP) is 3.31. The molecule has 25 heavy (non-hydrogen) atoms. The topological polar surface area (TPSA) is 72.1 Å². The van der Waals surface area contributed by atoms with Crippen molar-refractivity contribution in [2.45, 2.75) is 39.7 Å². The van der Waals surface area contributed by atoms with Gasteiger partial charge in [0.05, 0.1) is 25.4 Å². The molecule has 1 aromatic carbocycles. The van der Waals surface area contributed by atoms with Crippen LogP contribution in [0.5, 0.6) is 11.5 Å². The third kappa shape index (κ3) is 6.54. The molecule has 0 spiro atoms. The molecule has 1 aliphatic heterocycles. The van der Waals surface area contributed by atoms with Gasteiger partial charge < -0.3 is 20.5 Å². The van der Waals surface area contributed by atoms with E-state index in [4.69, 9.17) is 15.2 Å². The van der Waals surface area contributed by atoms with Gasteiger partial charge in [0.15, 0.2) is 5.96 Å².